The SMILES string of the molecule is COc1ccc(S(=O)(=O)N2CCCN(S(=O)(=O)c3cnn(C)c3)CC2)cc1F. The van der Waals surface area contributed by atoms with Crippen molar-refractivity contribution >= 4 is 20.0 Å². The van der Waals surface area contributed by atoms with Gasteiger partial charge in [-0.3, -0.25) is 4.68 Å². The third-order valence-electron chi connectivity index (χ3n) is 4.49. The lowest BCUT2D eigenvalue weighted by molar-refractivity contribution is 0.384. The van der Waals surface area contributed by atoms with E-state index in [0.717, 1.165) is 6.07 Å². The second-order valence-corrected chi connectivity index (χ2v) is 10.2. The van der Waals surface area contributed by atoms with E-state index < -0.39 is 25.9 Å². The fraction of sp³-hybridized carbons (Fsp3) is 0.438. The number of aryl methyl sites for hydroxylation is 1. The summed E-state index contributed by atoms with van der Waals surface area (Å²) in [6.07, 6.45) is 2.97. The van der Waals surface area contributed by atoms with E-state index in [1.807, 2.05) is 0 Å². The number of benzene rings is 1. The molecule has 28 heavy (non-hydrogen) atoms. The number of halogens is 1. The molecule has 0 amide bonds. The van der Waals surface area contributed by atoms with Gasteiger partial charge in [0, 0.05) is 39.4 Å². The molecule has 1 aromatic heterocycles. The van der Waals surface area contributed by atoms with Crippen LogP contribution in [0.2, 0.25) is 0 Å². The van der Waals surface area contributed by atoms with Crippen LogP contribution in [0.1, 0.15) is 6.42 Å². The third kappa shape index (κ3) is 3.90. The van der Waals surface area contributed by atoms with Crippen LogP contribution < -0.4 is 4.74 Å². The van der Waals surface area contributed by atoms with Crippen molar-refractivity contribution in [2.75, 3.05) is 33.3 Å². The Bertz CT molecular complexity index is 1070. The highest BCUT2D eigenvalue weighted by Crippen LogP contribution is 2.25. The lowest BCUT2D eigenvalue weighted by Gasteiger charge is -2.21. The van der Waals surface area contributed by atoms with Gasteiger partial charge in [-0.2, -0.15) is 13.7 Å². The highest BCUT2D eigenvalue weighted by molar-refractivity contribution is 7.89. The molecule has 0 radical (unpaired) electrons. The summed E-state index contributed by atoms with van der Waals surface area (Å²) in [5.41, 5.74) is 0. The fourth-order valence-electron chi connectivity index (χ4n) is 2.99. The topological polar surface area (TPSA) is 102 Å². The van der Waals surface area contributed by atoms with E-state index in [-0.39, 0.29) is 41.7 Å². The van der Waals surface area contributed by atoms with Crippen molar-refractivity contribution in [3.8, 4) is 5.75 Å². The molecule has 154 valence electrons. The molecule has 1 saturated heterocycles. The Balaban J connectivity index is 1.80. The Labute approximate surface area is 163 Å². The van der Waals surface area contributed by atoms with Gasteiger partial charge in [-0.1, -0.05) is 0 Å². The van der Waals surface area contributed by atoms with Gasteiger partial charge in [-0.05, 0) is 24.6 Å². The molecule has 1 fully saturated rings. The molecule has 0 N–H and O–H groups in total. The monoisotopic (exact) mass is 432 g/mol. The van der Waals surface area contributed by atoms with Crippen LogP contribution in [0.25, 0.3) is 0 Å². The zero-order valence-electron chi connectivity index (χ0n) is 15.4. The summed E-state index contributed by atoms with van der Waals surface area (Å²) in [7, 11) is -4.82. The predicted molar refractivity (Wildman–Crippen MR) is 98.3 cm³/mol. The molecule has 0 saturated carbocycles. The van der Waals surface area contributed by atoms with Gasteiger partial charge in [0.2, 0.25) is 20.0 Å². The number of aromatic nitrogens is 2. The Morgan fingerprint density at radius 3 is 2.11 bits per heavy atom. The summed E-state index contributed by atoms with van der Waals surface area (Å²) < 4.78 is 73.7. The van der Waals surface area contributed by atoms with E-state index in [4.69, 9.17) is 4.74 Å². The zero-order valence-corrected chi connectivity index (χ0v) is 17.1. The normalized spacial score (nSPS) is 17.4. The Kier molecular flexibility index (Phi) is 5.75. The average Bonchev–Trinajstić information content (AvgIpc) is 2.93. The van der Waals surface area contributed by atoms with E-state index in [9.17, 15) is 21.2 Å². The second kappa shape index (κ2) is 7.78. The highest BCUT2D eigenvalue weighted by atomic mass is 32.2. The minimum absolute atomic E-state index is 0.00487. The number of rotatable bonds is 5. The zero-order chi connectivity index (χ0) is 20.5. The summed E-state index contributed by atoms with van der Waals surface area (Å²) in [5.74, 6) is -0.831. The van der Waals surface area contributed by atoms with Crippen LogP contribution in [-0.2, 0) is 27.1 Å². The molecule has 3 rings (SSSR count). The number of ether oxygens (including phenoxy) is 1. The smallest absolute Gasteiger partial charge is 0.246 e. The molecular formula is C16H21FN4O5S2. The minimum atomic E-state index is -3.96. The van der Waals surface area contributed by atoms with Crippen molar-refractivity contribution < 1.29 is 26.0 Å². The number of methoxy groups -OCH3 is 1. The van der Waals surface area contributed by atoms with Crippen LogP contribution in [0.4, 0.5) is 4.39 Å². The maximum absolute atomic E-state index is 13.9. The fourth-order valence-corrected chi connectivity index (χ4v) is 5.93. The molecule has 1 aliphatic rings. The molecule has 2 aromatic rings. The molecule has 12 heteroatoms. The standard InChI is InChI=1S/C16H21FN4O5S2/c1-19-12-14(11-18-19)28(24,25)21-7-3-6-20(8-9-21)27(22,23)13-4-5-16(26-2)15(17)10-13/h4-5,10-12H,3,6-9H2,1-2H3. The van der Waals surface area contributed by atoms with Gasteiger partial charge in [-0.25, -0.2) is 21.2 Å². The van der Waals surface area contributed by atoms with Crippen LogP contribution >= 0.6 is 0 Å². The van der Waals surface area contributed by atoms with E-state index in [1.165, 1.54) is 44.9 Å². The molecule has 1 aromatic carbocycles. The Morgan fingerprint density at radius 1 is 1.00 bits per heavy atom. The van der Waals surface area contributed by atoms with Crippen molar-refractivity contribution in [1.82, 2.24) is 18.4 Å². The maximum atomic E-state index is 13.9. The lowest BCUT2D eigenvalue weighted by atomic mass is 10.3. The number of hydrogen-bond acceptors (Lipinski definition) is 6. The number of hydrogen-bond donors (Lipinski definition) is 0. The van der Waals surface area contributed by atoms with Gasteiger partial charge in [0.25, 0.3) is 0 Å². The molecule has 0 unspecified atom stereocenters. The molecule has 2 heterocycles. The summed E-state index contributed by atoms with van der Waals surface area (Å²) >= 11 is 0. The van der Waals surface area contributed by atoms with E-state index in [0.29, 0.717) is 6.42 Å². The molecule has 9 nitrogen and oxygen atoms in total. The predicted octanol–water partition coefficient (Wildman–Crippen LogP) is 0.653. The van der Waals surface area contributed by atoms with Gasteiger partial charge in [0.15, 0.2) is 11.6 Å². The average molecular weight is 432 g/mol. The number of sulfonamides is 2. The van der Waals surface area contributed by atoms with Crippen molar-refractivity contribution in [2.45, 2.75) is 16.2 Å². The second-order valence-electron chi connectivity index (χ2n) is 6.31. The van der Waals surface area contributed by atoms with Gasteiger partial charge < -0.3 is 4.74 Å². The lowest BCUT2D eigenvalue weighted by Crippen LogP contribution is -2.37. The minimum Gasteiger partial charge on any atom is -0.494 e. The summed E-state index contributed by atoms with van der Waals surface area (Å²) in [6, 6.07) is 3.43. The summed E-state index contributed by atoms with van der Waals surface area (Å²) in [5, 5.41) is 3.88. The molecular weight excluding hydrogens is 411 g/mol. The summed E-state index contributed by atoms with van der Waals surface area (Å²) in [4.78, 5) is -0.141. The van der Waals surface area contributed by atoms with E-state index in [2.05, 4.69) is 5.10 Å². The largest absolute Gasteiger partial charge is 0.494 e. The summed E-state index contributed by atoms with van der Waals surface area (Å²) in [6.45, 7) is 0.278. The van der Waals surface area contributed by atoms with Crippen molar-refractivity contribution in [1.29, 1.82) is 0 Å². The first-order valence-corrected chi connectivity index (χ1v) is 11.4. The maximum Gasteiger partial charge on any atom is 0.246 e. The molecule has 0 spiro atoms. The molecule has 0 atom stereocenters. The molecule has 1 aliphatic heterocycles. The van der Waals surface area contributed by atoms with Crippen LogP contribution in [0, 0.1) is 5.82 Å². The van der Waals surface area contributed by atoms with Gasteiger partial charge in [0.1, 0.15) is 4.90 Å². The van der Waals surface area contributed by atoms with Crippen LogP contribution in [0.15, 0.2) is 40.4 Å². The van der Waals surface area contributed by atoms with Gasteiger partial charge >= 0.3 is 0 Å². The van der Waals surface area contributed by atoms with Gasteiger partial charge in [0.05, 0.1) is 18.2 Å². The third-order valence-corrected chi connectivity index (χ3v) is 8.24. The van der Waals surface area contributed by atoms with Crippen LogP contribution in [0.3, 0.4) is 0 Å². The first kappa shape index (κ1) is 20.7. The first-order chi connectivity index (χ1) is 13.2. The van der Waals surface area contributed by atoms with Gasteiger partial charge in [-0.15, -0.1) is 0 Å². The van der Waals surface area contributed by atoms with E-state index >= 15 is 0 Å². The van der Waals surface area contributed by atoms with Crippen molar-refractivity contribution in [2.24, 2.45) is 7.05 Å². The van der Waals surface area contributed by atoms with Crippen LogP contribution in [0.5, 0.6) is 5.75 Å². The van der Waals surface area contributed by atoms with Crippen molar-refractivity contribution in [3.05, 3.63) is 36.4 Å². The Hall–Kier alpha value is -2.02. The Morgan fingerprint density at radius 2 is 1.61 bits per heavy atom. The quantitative estimate of drug-likeness (QED) is 0.688. The van der Waals surface area contributed by atoms with Crippen molar-refractivity contribution in [3.63, 3.8) is 0 Å². The van der Waals surface area contributed by atoms with Crippen LogP contribution in [-0.4, -0.2) is 68.5 Å². The highest BCUT2D eigenvalue weighted by Gasteiger charge is 2.32. The molecule has 0 aliphatic carbocycles. The van der Waals surface area contributed by atoms with E-state index in [1.54, 1.807) is 7.05 Å². The number of nitrogens with zero attached hydrogens (tertiary/aromatic N) is 4. The molecule has 0 bridgehead atoms. The first-order valence-electron chi connectivity index (χ1n) is 8.49.